The maximum Gasteiger partial charge on any atom is 0.305 e. The molecule has 0 amide bonds. The van der Waals surface area contributed by atoms with E-state index in [-0.39, 0.29) is 11.9 Å². The molecule has 140 valence electrons. The maximum absolute atomic E-state index is 11.6. The maximum atomic E-state index is 11.6. The third kappa shape index (κ3) is 13.4. The minimum atomic E-state index is -0.0287. The zero-order valence-corrected chi connectivity index (χ0v) is 15.4. The molecule has 1 saturated heterocycles. The number of carbonyl (C=O) groups is 2. The van der Waals surface area contributed by atoms with Gasteiger partial charge in [0.15, 0.2) is 0 Å². The van der Waals surface area contributed by atoms with Gasteiger partial charge in [-0.1, -0.05) is 64.2 Å². The first-order chi connectivity index (χ1) is 11.8. The highest BCUT2D eigenvalue weighted by atomic mass is 16.5. The molecule has 0 aliphatic carbocycles. The smallest absolute Gasteiger partial charge is 0.305 e. The van der Waals surface area contributed by atoms with Gasteiger partial charge in [-0.05, 0) is 25.7 Å². The molecule has 0 bridgehead atoms. The van der Waals surface area contributed by atoms with E-state index in [2.05, 4.69) is 0 Å². The summed E-state index contributed by atoms with van der Waals surface area (Å²) in [6, 6.07) is 0. The first-order valence-electron chi connectivity index (χ1n) is 10.1. The van der Waals surface area contributed by atoms with Crippen LogP contribution in [0.2, 0.25) is 0 Å². The summed E-state index contributed by atoms with van der Waals surface area (Å²) in [5, 5.41) is 0. The molecule has 0 aromatic heterocycles. The van der Waals surface area contributed by atoms with Crippen molar-refractivity contribution in [2.24, 2.45) is 0 Å². The summed E-state index contributed by atoms with van der Waals surface area (Å²) in [5.74, 6) is -0.0575. The van der Waals surface area contributed by atoms with Crippen molar-refractivity contribution < 1.29 is 19.1 Å². The summed E-state index contributed by atoms with van der Waals surface area (Å²) in [5.41, 5.74) is 0. The van der Waals surface area contributed by atoms with E-state index < -0.39 is 0 Å². The second kappa shape index (κ2) is 15.5. The fraction of sp³-hybridized carbons (Fsp3) is 0.900. The van der Waals surface area contributed by atoms with Crippen LogP contribution in [0.1, 0.15) is 103 Å². The minimum absolute atomic E-state index is 0.0287. The van der Waals surface area contributed by atoms with Crippen LogP contribution in [-0.4, -0.2) is 25.2 Å². The molecular formula is C20H36O4. The summed E-state index contributed by atoms with van der Waals surface area (Å²) in [6.07, 6.45) is 16.5. The van der Waals surface area contributed by atoms with Crippen molar-refractivity contribution in [3.63, 3.8) is 0 Å². The Kier molecular flexibility index (Phi) is 13.5. The van der Waals surface area contributed by atoms with Crippen molar-refractivity contribution in [2.45, 2.75) is 103 Å². The van der Waals surface area contributed by atoms with Gasteiger partial charge in [0.25, 0.3) is 0 Å². The quantitative estimate of drug-likeness (QED) is 0.559. The highest BCUT2D eigenvalue weighted by molar-refractivity contribution is 5.69. The molecule has 24 heavy (non-hydrogen) atoms. The van der Waals surface area contributed by atoms with Crippen molar-refractivity contribution in [1.82, 2.24) is 0 Å². The highest BCUT2D eigenvalue weighted by Gasteiger charge is 2.04. The fourth-order valence-electron chi connectivity index (χ4n) is 3.03. The molecule has 1 fully saturated rings. The van der Waals surface area contributed by atoms with E-state index in [9.17, 15) is 9.59 Å². The topological polar surface area (TPSA) is 52.6 Å². The molecule has 0 unspecified atom stereocenters. The third-order valence-electron chi connectivity index (χ3n) is 4.58. The predicted molar refractivity (Wildman–Crippen MR) is 95.8 cm³/mol. The molecule has 0 N–H and O–H groups in total. The summed E-state index contributed by atoms with van der Waals surface area (Å²) in [6.45, 7) is 1.15. The van der Waals surface area contributed by atoms with E-state index in [1.54, 1.807) is 0 Å². The lowest BCUT2D eigenvalue weighted by molar-refractivity contribution is -0.144. The summed E-state index contributed by atoms with van der Waals surface area (Å²) >= 11 is 0. The van der Waals surface area contributed by atoms with Crippen LogP contribution in [-0.2, 0) is 19.1 Å². The number of ether oxygens (including phenoxy) is 2. The van der Waals surface area contributed by atoms with Gasteiger partial charge in [0.05, 0.1) is 13.2 Å². The number of rotatable bonds is 0. The Morgan fingerprint density at radius 3 is 1.08 bits per heavy atom. The van der Waals surface area contributed by atoms with E-state index in [1.165, 1.54) is 38.5 Å². The van der Waals surface area contributed by atoms with E-state index in [1.807, 2.05) is 0 Å². The van der Waals surface area contributed by atoms with Crippen molar-refractivity contribution in [3.8, 4) is 0 Å². The van der Waals surface area contributed by atoms with Crippen LogP contribution in [0.15, 0.2) is 0 Å². The molecule has 4 nitrogen and oxygen atoms in total. The molecule has 0 aromatic rings. The van der Waals surface area contributed by atoms with Crippen LogP contribution in [0.5, 0.6) is 0 Å². The second-order valence-electron chi connectivity index (χ2n) is 6.89. The molecule has 1 aliphatic rings. The predicted octanol–water partition coefficient (Wildman–Crippen LogP) is 5.33. The number of esters is 2. The van der Waals surface area contributed by atoms with Crippen LogP contribution in [0, 0.1) is 0 Å². The van der Waals surface area contributed by atoms with Gasteiger partial charge in [-0.15, -0.1) is 0 Å². The van der Waals surface area contributed by atoms with Gasteiger partial charge in [-0.25, -0.2) is 0 Å². The Morgan fingerprint density at radius 1 is 0.417 bits per heavy atom. The molecule has 0 aromatic carbocycles. The van der Waals surface area contributed by atoms with Gasteiger partial charge < -0.3 is 9.47 Å². The van der Waals surface area contributed by atoms with Crippen LogP contribution < -0.4 is 0 Å². The van der Waals surface area contributed by atoms with Gasteiger partial charge in [-0.2, -0.15) is 0 Å². The Balaban J connectivity index is 2.16. The van der Waals surface area contributed by atoms with Crippen LogP contribution in [0.3, 0.4) is 0 Å². The largest absolute Gasteiger partial charge is 0.466 e. The van der Waals surface area contributed by atoms with Gasteiger partial charge in [0.2, 0.25) is 0 Å². The Morgan fingerprint density at radius 2 is 0.708 bits per heavy atom. The van der Waals surface area contributed by atoms with Gasteiger partial charge >= 0.3 is 11.9 Å². The molecule has 1 rings (SSSR count). The number of hydrogen-bond donors (Lipinski definition) is 0. The van der Waals surface area contributed by atoms with E-state index in [0.717, 1.165) is 51.4 Å². The number of cyclic esters (lactones) is 2. The Labute approximate surface area is 147 Å². The highest BCUT2D eigenvalue weighted by Crippen LogP contribution is 2.12. The first-order valence-corrected chi connectivity index (χ1v) is 10.1. The molecule has 1 heterocycles. The third-order valence-corrected chi connectivity index (χ3v) is 4.58. The van der Waals surface area contributed by atoms with Gasteiger partial charge in [0, 0.05) is 12.8 Å². The lowest BCUT2D eigenvalue weighted by atomic mass is 10.1. The average molecular weight is 341 g/mol. The molecule has 0 spiro atoms. The zero-order valence-electron chi connectivity index (χ0n) is 15.4. The summed E-state index contributed by atoms with van der Waals surface area (Å²) < 4.78 is 10.6. The normalized spacial score (nSPS) is 22.5. The molecular weight excluding hydrogens is 304 g/mol. The molecule has 0 radical (unpaired) electrons. The lowest BCUT2D eigenvalue weighted by Gasteiger charge is -2.07. The van der Waals surface area contributed by atoms with Crippen LogP contribution >= 0.6 is 0 Å². The van der Waals surface area contributed by atoms with E-state index in [4.69, 9.17) is 9.47 Å². The standard InChI is InChI=1S/C20H36O4/c21-19-15-11-7-3-1-5-9-13-17-23-20(22)16-12-8-4-2-6-10-14-18-24-19/h1-18H2. The molecule has 4 heteroatoms. The number of carbonyl (C=O) groups excluding carboxylic acids is 2. The van der Waals surface area contributed by atoms with Crippen molar-refractivity contribution in [2.75, 3.05) is 13.2 Å². The SMILES string of the molecule is O=C1CCCCCCCCCOC(=O)CCCCCCCCCO1. The monoisotopic (exact) mass is 340 g/mol. The molecule has 0 atom stereocenters. The summed E-state index contributed by atoms with van der Waals surface area (Å²) in [7, 11) is 0. The van der Waals surface area contributed by atoms with Crippen molar-refractivity contribution in [1.29, 1.82) is 0 Å². The fourth-order valence-corrected chi connectivity index (χ4v) is 3.03. The van der Waals surface area contributed by atoms with E-state index >= 15 is 0 Å². The van der Waals surface area contributed by atoms with Crippen LogP contribution in [0.25, 0.3) is 0 Å². The molecule has 0 saturated carbocycles. The Bertz CT molecular complexity index is 268. The van der Waals surface area contributed by atoms with E-state index in [0.29, 0.717) is 26.1 Å². The van der Waals surface area contributed by atoms with Crippen molar-refractivity contribution >= 4 is 11.9 Å². The molecule has 1 aliphatic heterocycles. The van der Waals surface area contributed by atoms with Gasteiger partial charge in [-0.3, -0.25) is 9.59 Å². The Hall–Kier alpha value is -1.06. The van der Waals surface area contributed by atoms with Crippen LogP contribution in [0.4, 0.5) is 0 Å². The number of hydrogen-bond acceptors (Lipinski definition) is 4. The average Bonchev–Trinajstić information content (AvgIpc) is 2.57. The first kappa shape index (κ1) is 21.0. The minimum Gasteiger partial charge on any atom is -0.466 e. The van der Waals surface area contributed by atoms with Gasteiger partial charge in [0.1, 0.15) is 0 Å². The summed E-state index contributed by atoms with van der Waals surface area (Å²) in [4.78, 5) is 23.2. The lowest BCUT2D eigenvalue weighted by Crippen LogP contribution is -2.06. The second-order valence-corrected chi connectivity index (χ2v) is 6.89. The van der Waals surface area contributed by atoms with Crippen molar-refractivity contribution in [3.05, 3.63) is 0 Å². The zero-order chi connectivity index (χ0) is 17.3.